The molecule has 8 heteroatoms. The fourth-order valence-electron chi connectivity index (χ4n) is 3.11. The number of rotatable bonds is 7. The highest BCUT2D eigenvalue weighted by Crippen LogP contribution is 2.37. The van der Waals surface area contributed by atoms with Gasteiger partial charge in [0.1, 0.15) is 0 Å². The molecule has 0 bridgehead atoms. The van der Waals surface area contributed by atoms with Crippen molar-refractivity contribution in [2.24, 2.45) is 5.41 Å². The Morgan fingerprint density at radius 2 is 1.96 bits per heavy atom. The average Bonchev–Trinajstić information content (AvgIpc) is 2.60. The fourth-order valence-corrected chi connectivity index (χ4v) is 3.11. The third-order valence-corrected chi connectivity index (χ3v) is 4.50. The van der Waals surface area contributed by atoms with E-state index >= 15 is 0 Å². The van der Waals surface area contributed by atoms with Crippen LogP contribution in [0.15, 0.2) is 18.2 Å². The lowest BCUT2D eigenvalue weighted by molar-refractivity contribution is -0.150. The average molecular weight is 357 g/mol. The van der Waals surface area contributed by atoms with Crippen molar-refractivity contribution in [2.75, 3.05) is 13.7 Å². The summed E-state index contributed by atoms with van der Waals surface area (Å²) in [5.74, 6) is -2.01. The molecule has 0 spiro atoms. The molecule has 6 nitrogen and oxygen atoms in total. The maximum atomic E-state index is 12.6. The van der Waals surface area contributed by atoms with E-state index < -0.39 is 23.9 Å². The zero-order valence-electron chi connectivity index (χ0n) is 13.9. The van der Waals surface area contributed by atoms with E-state index in [1.54, 1.807) is 0 Å². The summed E-state index contributed by atoms with van der Waals surface area (Å²) in [5, 5.41) is 12.1. The number of carboxylic acid groups (broad SMARTS) is 1. The lowest BCUT2D eigenvalue weighted by Crippen LogP contribution is -2.44. The number of benzene rings is 1. The molecule has 1 aliphatic rings. The summed E-state index contributed by atoms with van der Waals surface area (Å²) < 4.78 is 34.6. The van der Waals surface area contributed by atoms with E-state index in [2.05, 4.69) is 10.1 Å². The number of aliphatic carboxylic acids is 1. The molecule has 1 aromatic rings. The van der Waals surface area contributed by atoms with Gasteiger partial charge in [-0.3, -0.25) is 9.59 Å². The first-order chi connectivity index (χ1) is 11.9. The quantitative estimate of drug-likeness (QED) is 0.783. The van der Waals surface area contributed by atoms with E-state index in [0.29, 0.717) is 12.8 Å². The Labute approximate surface area is 144 Å². The van der Waals surface area contributed by atoms with Gasteiger partial charge in [-0.05, 0) is 25.0 Å². The molecule has 1 amide bonds. The second-order valence-corrected chi connectivity index (χ2v) is 6.04. The number of carbonyl (C=O) groups is 2. The number of alkyl halides is 2. The van der Waals surface area contributed by atoms with Crippen molar-refractivity contribution < 1.29 is 33.0 Å². The Hall–Kier alpha value is -2.38. The third-order valence-electron chi connectivity index (χ3n) is 4.50. The van der Waals surface area contributed by atoms with Crippen molar-refractivity contribution in [3.63, 3.8) is 0 Å². The maximum Gasteiger partial charge on any atom is 0.387 e. The largest absolute Gasteiger partial charge is 0.493 e. The summed E-state index contributed by atoms with van der Waals surface area (Å²) >= 11 is 0. The summed E-state index contributed by atoms with van der Waals surface area (Å²) in [6, 6.07) is 4.19. The first-order valence-corrected chi connectivity index (χ1v) is 8.03. The number of amides is 1. The van der Waals surface area contributed by atoms with Gasteiger partial charge in [0.15, 0.2) is 11.5 Å². The van der Waals surface area contributed by atoms with Crippen LogP contribution in [0.3, 0.4) is 0 Å². The number of hydrogen-bond acceptors (Lipinski definition) is 4. The molecular weight excluding hydrogens is 336 g/mol. The third kappa shape index (κ3) is 4.37. The molecule has 1 aromatic carbocycles. The summed E-state index contributed by atoms with van der Waals surface area (Å²) in [4.78, 5) is 24.1. The van der Waals surface area contributed by atoms with Crippen LogP contribution in [-0.4, -0.2) is 37.2 Å². The van der Waals surface area contributed by atoms with E-state index in [4.69, 9.17) is 4.74 Å². The normalized spacial score (nSPS) is 16.3. The number of halogens is 2. The summed E-state index contributed by atoms with van der Waals surface area (Å²) in [6.45, 7) is -3.18. The highest BCUT2D eigenvalue weighted by Gasteiger charge is 2.40. The molecule has 0 atom stereocenters. The molecule has 0 heterocycles. The number of para-hydroxylation sites is 1. The van der Waals surface area contributed by atoms with Crippen LogP contribution in [0.25, 0.3) is 0 Å². The monoisotopic (exact) mass is 357 g/mol. The molecule has 1 fully saturated rings. The standard InChI is InChI=1S/C17H21F2NO5/c1-24-12-7-5-6-11(13(12)25-16(18)19)14(21)20-10-17(15(22)23)8-3-2-4-9-17/h5-7,16H,2-4,8-10H2,1H3,(H,20,21)(H,22,23). The van der Waals surface area contributed by atoms with Gasteiger partial charge >= 0.3 is 12.6 Å². The van der Waals surface area contributed by atoms with E-state index in [9.17, 15) is 23.5 Å². The van der Waals surface area contributed by atoms with Crippen LogP contribution < -0.4 is 14.8 Å². The van der Waals surface area contributed by atoms with E-state index in [1.165, 1.54) is 25.3 Å². The number of hydrogen-bond donors (Lipinski definition) is 2. The highest BCUT2D eigenvalue weighted by atomic mass is 19.3. The summed E-state index contributed by atoms with van der Waals surface area (Å²) in [6.07, 6.45) is 3.47. The SMILES string of the molecule is COc1cccc(C(=O)NCC2(C(=O)O)CCCCC2)c1OC(F)F. The minimum Gasteiger partial charge on any atom is -0.493 e. The molecule has 2 N–H and O–H groups in total. The van der Waals surface area contributed by atoms with Gasteiger partial charge in [-0.25, -0.2) is 0 Å². The Morgan fingerprint density at radius 3 is 2.52 bits per heavy atom. The highest BCUT2D eigenvalue weighted by molar-refractivity contribution is 5.98. The second kappa shape index (κ2) is 8.13. The van der Waals surface area contributed by atoms with Gasteiger partial charge < -0.3 is 19.9 Å². The molecule has 0 unspecified atom stereocenters. The molecule has 1 saturated carbocycles. The predicted molar refractivity (Wildman–Crippen MR) is 85.1 cm³/mol. The molecule has 138 valence electrons. The fraction of sp³-hybridized carbons (Fsp3) is 0.529. The molecule has 25 heavy (non-hydrogen) atoms. The van der Waals surface area contributed by atoms with Gasteiger partial charge in [0.05, 0.1) is 18.1 Å². The van der Waals surface area contributed by atoms with Crippen LogP contribution in [0, 0.1) is 5.41 Å². The lowest BCUT2D eigenvalue weighted by Gasteiger charge is -2.33. The molecule has 0 aliphatic heterocycles. The van der Waals surface area contributed by atoms with Crippen molar-refractivity contribution in [2.45, 2.75) is 38.7 Å². The number of carbonyl (C=O) groups excluding carboxylic acids is 1. The summed E-state index contributed by atoms with van der Waals surface area (Å²) in [5.41, 5.74) is -1.15. The van der Waals surface area contributed by atoms with Crippen molar-refractivity contribution in [1.29, 1.82) is 0 Å². The zero-order valence-corrected chi connectivity index (χ0v) is 13.9. The van der Waals surface area contributed by atoms with Crippen molar-refractivity contribution in [1.82, 2.24) is 5.32 Å². The topological polar surface area (TPSA) is 84.9 Å². The minimum absolute atomic E-state index is 0.00133. The molecule has 0 saturated heterocycles. The molecule has 0 radical (unpaired) electrons. The van der Waals surface area contributed by atoms with Crippen molar-refractivity contribution >= 4 is 11.9 Å². The van der Waals surface area contributed by atoms with Crippen LogP contribution in [0.4, 0.5) is 8.78 Å². The van der Waals surface area contributed by atoms with Crippen LogP contribution in [-0.2, 0) is 4.79 Å². The Balaban J connectivity index is 2.18. The number of methoxy groups -OCH3 is 1. The maximum absolute atomic E-state index is 12.6. The van der Waals surface area contributed by atoms with Gasteiger partial charge in [0, 0.05) is 6.54 Å². The zero-order chi connectivity index (χ0) is 18.4. The molecule has 1 aliphatic carbocycles. The van der Waals surface area contributed by atoms with Gasteiger partial charge in [-0.1, -0.05) is 25.3 Å². The van der Waals surface area contributed by atoms with Gasteiger partial charge in [-0.2, -0.15) is 8.78 Å². The first kappa shape index (κ1) is 19.0. The smallest absolute Gasteiger partial charge is 0.387 e. The van der Waals surface area contributed by atoms with Gasteiger partial charge in [0.25, 0.3) is 5.91 Å². The Kier molecular flexibility index (Phi) is 6.17. The van der Waals surface area contributed by atoms with Crippen LogP contribution >= 0.6 is 0 Å². The minimum atomic E-state index is -3.12. The van der Waals surface area contributed by atoms with Gasteiger partial charge in [0.2, 0.25) is 0 Å². The second-order valence-electron chi connectivity index (χ2n) is 6.04. The lowest BCUT2D eigenvalue weighted by atomic mass is 9.74. The van der Waals surface area contributed by atoms with Crippen LogP contribution in [0.2, 0.25) is 0 Å². The number of carboxylic acids is 1. The van der Waals surface area contributed by atoms with Crippen LogP contribution in [0.1, 0.15) is 42.5 Å². The van der Waals surface area contributed by atoms with E-state index in [1.807, 2.05) is 0 Å². The first-order valence-electron chi connectivity index (χ1n) is 8.03. The number of ether oxygens (including phenoxy) is 2. The van der Waals surface area contributed by atoms with Crippen molar-refractivity contribution in [3.05, 3.63) is 23.8 Å². The molecular formula is C17H21F2NO5. The van der Waals surface area contributed by atoms with E-state index in [0.717, 1.165) is 19.3 Å². The van der Waals surface area contributed by atoms with Crippen LogP contribution in [0.5, 0.6) is 11.5 Å². The van der Waals surface area contributed by atoms with E-state index in [-0.39, 0.29) is 23.6 Å². The number of nitrogens with one attached hydrogen (secondary N) is 1. The Morgan fingerprint density at radius 1 is 1.28 bits per heavy atom. The van der Waals surface area contributed by atoms with Gasteiger partial charge in [-0.15, -0.1) is 0 Å². The molecule has 0 aromatic heterocycles. The predicted octanol–water partition coefficient (Wildman–Crippen LogP) is 3.06. The van der Waals surface area contributed by atoms with Crippen molar-refractivity contribution in [3.8, 4) is 11.5 Å². The molecule has 2 rings (SSSR count). The Bertz CT molecular complexity index is 629. The summed E-state index contributed by atoms with van der Waals surface area (Å²) in [7, 11) is 1.27.